The van der Waals surface area contributed by atoms with Gasteiger partial charge in [0.05, 0.1) is 0 Å². The fraction of sp³-hybridized carbons (Fsp3) is 0.654. The van der Waals surface area contributed by atoms with Crippen molar-refractivity contribution in [3.8, 4) is 11.4 Å². The van der Waals surface area contributed by atoms with Gasteiger partial charge in [0.25, 0.3) is 0 Å². The number of hydrogen-bond donors (Lipinski definition) is 1. The average molecular weight is 422 g/mol. The maximum atomic E-state index is 4.88. The van der Waals surface area contributed by atoms with E-state index in [9.17, 15) is 0 Å². The Kier molecular flexibility index (Phi) is 6.34. The Hall–Kier alpha value is -2.01. The first-order chi connectivity index (χ1) is 14.8. The molecule has 0 bridgehead atoms. The number of anilines is 1. The van der Waals surface area contributed by atoms with Crippen molar-refractivity contribution in [3.63, 3.8) is 0 Å². The fourth-order valence-corrected chi connectivity index (χ4v) is 5.07. The minimum atomic E-state index is 0.184. The van der Waals surface area contributed by atoms with Gasteiger partial charge < -0.3 is 10.2 Å². The second-order valence-electron chi connectivity index (χ2n) is 10.7. The van der Waals surface area contributed by atoms with Crippen LogP contribution in [0, 0.1) is 0 Å². The smallest absolute Gasteiger partial charge is 0.228 e. The lowest BCUT2D eigenvalue weighted by Crippen LogP contribution is -2.43. The molecule has 1 fully saturated rings. The van der Waals surface area contributed by atoms with E-state index in [0.717, 1.165) is 49.8 Å². The highest BCUT2D eigenvalue weighted by Crippen LogP contribution is 2.46. The maximum absolute atomic E-state index is 4.88. The summed E-state index contributed by atoms with van der Waals surface area (Å²) in [5, 5.41) is 3.70. The molecule has 0 unspecified atom stereocenters. The molecule has 1 aliphatic carbocycles. The predicted octanol–water partition coefficient (Wildman–Crippen LogP) is 5.25. The first kappa shape index (κ1) is 22.2. The average Bonchev–Trinajstić information content (AvgIpc) is 2.78. The molecule has 4 rings (SSSR count). The molecule has 0 atom stereocenters. The molecule has 5 heteroatoms. The molecule has 2 aliphatic rings. The number of aromatic nitrogens is 3. The summed E-state index contributed by atoms with van der Waals surface area (Å²) in [4.78, 5) is 16.3. The molecule has 0 saturated carbocycles. The molecule has 31 heavy (non-hydrogen) atoms. The van der Waals surface area contributed by atoms with E-state index in [4.69, 9.17) is 4.98 Å². The van der Waals surface area contributed by atoms with Crippen molar-refractivity contribution in [1.29, 1.82) is 0 Å². The molecule has 2 heterocycles. The summed E-state index contributed by atoms with van der Waals surface area (Å²) in [5.41, 5.74) is 4.43. The van der Waals surface area contributed by atoms with Gasteiger partial charge >= 0.3 is 0 Å². The van der Waals surface area contributed by atoms with Gasteiger partial charge in [0.1, 0.15) is 6.33 Å². The molecule has 1 saturated heterocycles. The molecule has 0 amide bonds. The second kappa shape index (κ2) is 8.85. The van der Waals surface area contributed by atoms with Gasteiger partial charge in [-0.05, 0) is 66.7 Å². The van der Waals surface area contributed by atoms with Gasteiger partial charge in [-0.25, -0.2) is 9.97 Å². The maximum Gasteiger partial charge on any atom is 0.228 e. The van der Waals surface area contributed by atoms with Crippen LogP contribution in [-0.4, -0.2) is 40.6 Å². The van der Waals surface area contributed by atoms with Crippen molar-refractivity contribution >= 4 is 5.95 Å². The number of piperidine rings is 1. The Labute approximate surface area is 188 Å². The van der Waals surface area contributed by atoms with Crippen LogP contribution in [0.3, 0.4) is 0 Å². The highest BCUT2D eigenvalue weighted by molar-refractivity contribution is 5.61. The SMILES string of the molecule is CCCCNC1CCN(c2ncnc(-c3ccc4c(c3)C(C)(C)CCC4(C)C)n2)CC1. The molecule has 1 aromatic heterocycles. The third kappa shape index (κ3) is 4.77. The number of nitrogens with zero attached hydrogens (tertiary/aromatic N) is 4. The van der Waals surface area contributed by atoms with Crippen molar-refractivity contribution < 1.29 is 0 Å². The summed E-state index contributed by atoms with van der Waals surface area (Å²) in [6.07, 6.45) is 8.91. The summed E-state index contributed by atoms with van der Waals surface area (Å²) in [6.45, 7) is 14.8. The van der Waals surface area contributed by atoms with Crippen molar-refractivity contribution in [3.05, 3.63) is 35.7 Å². The summed E-state index contributed by atoms with van der Waals surface area (Å²) < 4.78 is 0. The highest BCUT2D eigenvalue weighted by atomic mass is 15.3. The minimum Gasteiger partial charge on any atom is -0.341 e. The largest absolute Gasteiger partial charge is 0.341 e. The second-order valence-corrected chi connectivity index (χ2v) is 10.7. The Morgan fingerprint density at radius 3 is 2.42 bits per heavy atom. The zero-order chi connectivity index (χ0) is 22.1. The van der Waals surface area contributed by atoms with Gasteiger partial charge in [-0.3, -0.25) is 0 Å². The first-order valence-corrected chi connectivity index (χ1v) is 12.1. The van der Waals surface area contributed by atoms with Gasteiger partial charge in [0.15, 0.2) is 5.82 Å². The van der Waals surface area contributed by atoms with Gasteiger partial charge in [-0.1, -0.05) is 53.2 Å². The van der Waals surface area contributed by atoms with Crippen LogP contribution in [0.4, 0.5) is 5.95 Å². The molecule has 0 spiro atoms. The van der Waals surface area contributed by atoms with Crippen LogP contribution < -0.4 is 10.2 Å². The van der Waals surface area contributed by atoms with E-state index in [1.807, 2.05) is 0 Å². The summed E-state index contributed by atoms with van der Waals surface area (Å²) in [7, 11) is 0. The van der Waals surface area contributed by atoms with Crippen LogP contribution in [0.15, 0.2) is 24.5 Å². The van der Waals surface area contributed by atoms with Gasteiger partial charge in [-0.15, -0.1) is 0 Å². The number of unbranched alkanes of at least 4 members (excludes halogenated alkanes) is 1. The van der Waals surface area contributed by atoms with Crippen molar-refractivity contribution in [1.82, 2.24) is 20.3 Å². The molecule has 2 aromatic rings. The standard InChI is InChI=1S/C26H39N5/c1-6-7-14-27-20-10-15-31(16-11-20)24-29-18-28-23(30-24)19-8-9-21-22(17-19)26(4,5)13-12-25(21,2)3/h8-9,17-18,20,27H,6-7,10-16H2,1-5H3. The molecular formula is C26H39N5. The normalized spacial score (nSPS) is 20.5. The number of nitrogens with one attached hydrogen (secondary N) is 1. The van der Waals surface area contributed by atoms with Gasteiger partial charge in [0.2, 0.25) is 5.95 Å². The topological polar surface area (TPSA) is 53.9 Å². The molecule has 0 radical (unpaired) electrons. The number of fused-ring (bicyclic) bond motifs is 1. The van der Waals surface area contributed by atoms with Gasteiger partial charge in [-0.2, -0.15) is 4.98 Å². The quantitative estimate of drug-likeness (QED) is 0.646. The summed E-state index contributed by atoms with van der Waals surface area (Å²) in [6, 6.07) is 7.46. The van der Waals surface area contributed by atoms with E-state index in [1.165, 1.54) is 36.8 Å². The van der Waals surface area contributed by atoms with Crippen molar-refractivity contribution in [2.75, 3.05) is 24.5 Å². The van der Waals surface area contributed by atoms with E-state index in [2.05, 4.69) is 73.0 Å². The monoisotopic (exact) mass is 421 g/mol. The summed E-state index contributed by atoms with van der Waals surface area (Å²) >= 11 is 0. The predicted molar refractivity (Wildman–Crippen MR) is 129 cm³/mol. The van der Waals surface area contributed by atoms with Crippen LogP contribution in [0.25, 0.3) is 11.4 Å². The number of rotatable bonds is 6. The third-order valence-electron chi connectivity index (χ3n) is 7.41. The van der Waals surface area contributed by atoms with Crippen molar-refractivity contribution in [2.24, 2.45) is 0 Å². The van der Waals surface area contributed by atoms with Crippen LogP contribution in [0.5, 0.6) is 0 Å². The highest BCUT2D eigenvalue weighted by Gasteiger charge is 2.37. The van der Waals surface area contributed by atoms with Crippen molar-refractivity contribution in [2.45, 2.75) is 90.0 Å². The van der Waals surface area contributed by atoms with E-state index in [-0.39, 0.29) is 10.8 Å². The van der Waals surface area contributed by atoms with Crippen LogP contribution >= 0.6 is 0 Å². The molecule has 1 aromatic carbocycles. The Bertz CT molecular complexity index is 896. The Balaban J connectivity index is 1.52. The Morgan fingerprint density at radius 1 is 1.00 bits per heavy atom. The molecule has 5 nitrogen and oxygen atoms in total. The zero-order valence-corrected chi connectivity index (χ0v) is 20.0. The van der Waals surface area contributed by atoms with Crippen LogP contribution in [-0.2, 0) is 10.8 Å². The van der Waals surface area contributed by atoms with Gasteiger partial charge in [0, 0.05) is 24.7 Å². The first-order valence-electron chi connectivity index (χ1n) is 12.1. The lowest BCUT2D eigenvalue weighted by Gasteiger charge is -2.42. The molecular weight excluding hydrogens is 382 g/mol. The summed E-state index contributed by atoms with van der Waals surface area (Å²) in [5.74, 6) is 1.60. The number of benzene rings is 1. The lowest BCUT2D eigenvalue weighted by molar-refractivity contribution is 0.332. The fourth-order valence-electron chi connectivity index (χ4n) is 5.07. The van der Waals surface area contributed by atoms with Crippen LogP contribution in [0.2, 0.25) is 0 Å². The van der Waals surface area contributed by atoms with E-state index < -0.39 is 0 Å². The number of hydrogen-bond acceptors (Lipinski definition) is 5. The molecule has 168 valence electrons. The van der Waals surface area contributed by atoms with E-state index in [1.54, 1.807) is 6.33 Å². The third-order valence-corrected chi connectivity index (χ3v) is 7.41. The minimum absolute atomic E-state index is 0.184. The molecule has 1 N–H and O–H groups in total. The molecule has 1 aliphatic heterocycles. The Morgan fingerprint density at radius 2 is 1.71 bits per heavy atom. The van der Waals surface area contributed by atoms with Crippen LogP contribution in [0.1, 0.15) is 84.3 Å². The van der Waals surface area contributed by atoms with E-state index >= 15 is 0 Å². The zero-order valence-electron chi connectivity index (χ0n) is 20.0. The lowest BCUT2D eigenvalue weighted by atomic mass is 9.63. The van der Waals surface area contributed by atoms with E-state index in [0.29, 0.717) is 6.04 Å².